The van der Waals surface area contributed by atoms with E-state index in [1.165, 1.54) is 109 Å². The van der Waals surface area contributed by atoms with E-state index in [0.29, 0.717) is 31.3 Å². The topological polar surface area (TPSA) is 51.4 Å². The van der Waals surface area contributed by atoms with Gasteiger partial charge in [-0.15, -0.1) is 0 Å². The van der Waals surface area contributed by atoms with E-state index in [9.17, 15) is 4.79 Å². The zero-order valence-electron chi connectivity index (χ0n) is 21.1. The summed E-state index contributed by atoms with van der Waals surface area (Å²) in [4.78, 5) is 11.8. The normalized spacial score (nSPS) is 21.6. The summed E-state index contributed by atoms with van der Waals surface area (Å²) in [6.45, 7) is 3.87. The lowest BCUT2D eigenvalue weighted by molar-refractivity contribution is -0.143. The Hall–Kier alpha value is -0.610. The van der Waals surface area contributed by atoms with Gasteiger partial charge in [0.2, 0.25) is 0 Å². The number of ether oxygens (including phenoxy) is 3. The Morgan fingerprint density at radius 3 is 1.78 bits per heavy atom. The smallest absolute Gasteiger partial charge is 0.305 e. The molecule has 0 aliphatic carbocycles. The largest absolute Gasteiger partial charge is 0.466 e. The maximum Gasteiger partial charge on any atom is 0.305 e. The van der Waals surface area contributed by atoms with Crippen molar-refractivity contribution in [3.8, 4) is 0 Å². The summed E-state index contributed by atoms with van der Waals surface area (Å²) < 4.78 is 16.4. The molecule has 2 fully saturated rings. The van der Waals surface area contributed by atoms with Crippen molar-refractivity contribution in [2.75, 3.05) is 13.2 Å². The summed E-state index contributed by atoms with van der Waals surface area (Å²) in [6, 6.07) is 0. The van der Waals surface area contributed by atoms with Gasteiger partial charge < -0.3 is 14.2 Å². The molecule has 2 rings (SSSR count). The van der Waals surface area contributed by atoms with E-state index in [1.54, 1.807) is 0 Å². The number of carbonyl (C=O) groups is 1. The average molecular weight is 453 g/mol. The van der Waals surface area contributed by atoms with Crippen LogP contribution in [0.4, 0.5) is 0 Å². The molecule has 0 N–H and O–H groups in total. The van der Waals surface area contributed by atoms with Gasteiger partial charge in [-0.3, -0.25) is 4.79 Å². The number of esters is 1. The molecule has 4 heteroatoms. The Morgan fingerprint density at radius 1 is 0.688 bits per heavy atom. The van der Waals surface area contributed by atoms with E-state index < -0.39 is 0 Å². The second-order valence-corrected chi connectivity index (χ2v) is 10.2. The second kappa shape index (κ2) is 18.8. The van der Waals surface area contributed by atoms with Gasteiger partial charge in [0.1, 0.15) is 0 Å². The number of unbranched alkanes of at least 4 members (excludes halogenated alkanes) is 14. The zero-order chi connectivity index (χ0) is 22.7. The van der Waals surface area contributed by atoms with E-state index in [0.717, 1.165) is 25.9 Å². The highest BCUT2D eigenvalue weighted by Crippen LogP contribution is 2.31. The molecular weight excluding hydrogens is 400 g/mol. The summed E-state index contributed by atoms with van der Waals surface area (Å²) in [5.74, 6) is -0.00153. The molecule has 0 aromatic rings. The third-order valence-corrected chi connectivity index (χ3v) is 6.99. The molecular formula is C28H52O4. The van der Waals surface area contributed by atoms with Gasteiger partial charge in [0.25, 0.3) is 0 Å². The first-order valence-corrected chi connectivity index (χ1v) is 14.2. The van der Waals surface area contributed by atoms with Crippen molar-refractivity contribution < 1.29 is 19.0 Å². The van der Waals surface area contributed by atoms with Crippen LogP contribution in [0.25, 0.3) is 0 Å². The molecule has 188 valence electrons. The molecule has 0 amide bonds. The monoisotopic (exact) mass is 452 g/mol. The van der Waals surface area contributed by atoms with Gasteiger partial charge in [-0.2, -0.15) is 0 Å². The van der Waals surface area contributed by atoms with Crippen LogP contribution in [-0.4, -0.2) is 37.5 Å². The molecule has 4 nitrogen and oxygen atoms in total. The Kier molecular flexibility index (Phi) is 16.2. The molecule has 3 atom stereocenters. The van der Waals surface area contributed by atoms with E-state index in [2.05, 4.69) is 6.92 Å². The lowest BCUT2D eigenvalue weighted by atomic mass is 10.0. The maximum atomic E-state index is 11.8. The van der Waals surface area contributed by atoms with Crippen molar-refractivity contribution in [2.45, 2.75) is 160 Å². The third-order valence-electron chi connectivity index (χ3n) is 6.99. The highest BCUT2D eigenvalue weighted by molar-refractivity contribution is 5.69. The van der Waals surface area contributed by atoms with Gasteiger partial charge in [-0.05, 0) is 32.1 Å². The fraction of sp³-hybridized carbons (Fsp3) is 0.964. The van der Waals surface area contributed by atoms with Crippen LogP contribution in [0, 0.1) is 0 Å². The molecule has 32 heavy (non-hydrogen) atoms. The molecule has 0 radical (unpaired) electrons. The summed E-state index contributed by atoms with van der Waals surface area (Å²) in [6.07, 6.45) is 27.6. The molecule has 0 aromatic carbocycles. The average Bonchev–Trinajstić information content (AvgIpc) is 3.71. The van der Waals surface area contributed by atoms with Crippen LogP contribution in [0.15, 0.2) is 0 Å². The van der Waals surface area contributed by atoms with Crippen molar-refractivity contribution in [3.05, 3.63) is 0 Å². The summed E-state index contributed by atoms with van der Waals surface area (Å²) in [5.41, 5.74) is 0. The Bertz CT molecular complexity index is 449. The van der Waals surface area contributed by atoms with Crippen LogP contribution in [0.1, 0.15) is 142 Å². The number of rotatable bonds is 24. The van der Waals surface area contributed by atoms with Crippen LogP contribution in [0.5, 0.6) is 0 Å². The highest BCUT2D eigenvalue weighted by Gasteiger charge is 2.36. The van der Waals surface area contributed by atoms with E-state index >= 15 is 0 Å². The first-order valence-electron chi connectivity index (χ1n) is 14.2. The van der Waals surface area contributed by atoms with Gasteiger partial charge in [-0.1, -0.05) is 103 Å². The molecule has 2 heterocycles. The van der Waals surface area contributed by atoms with Gasteiger partial charge in [0.15, 0.2) is 0 Å². The van der Waals surface area contributed by atoms with Gasteiger partial charge >= 0.3 is 5.97 Å². The maximum absolute atomic E-state index is 11.8. The highest BCUT2D eigenvalue weighted by atomic mass is 16.6. The molecule has 2 aliphatic heterocycles. The van der Waals surface area contributed by atoms with Crippen molar-refractivity contribution in [1.29, 1.82) is 0 Å². The minimum atomic E-state index is -0.00153. The number of hydrogen-bond donors (Lipinski definition) is 0. The van der Waals surface area contributed by atoms with E-state index in [4.69, 9.17) is 14.2 Å². The first kappa shape index (κ1) is 27.6. The van der Waals surface area contributed by atoms with Crippen LogP contribution in [-0.2, 0) is 19.0 Å². The van der Waals surface area contributed by atoms with Crippen LogP contribution in [0.2, 0.25) is 0 Å². The Balaban J connectivity index is 1.22. The minimum absolute atomic E-state index is 0.00153. The van der Waals surface area contributed by atoms with Crippen molar-refractivity contribution in [1.82, 2.24) is 0 Å². The second-order valence-electron chi connectivity index (χ2n) is 10.2. The predicted octanol–water partition coefficient (Wildman–Crippen LogP) is 7.91. The zero-order valence-corrected chi connectivity index (χ0v) is 21.1. The molecule has 2 aliphatic rings. The molecule has 0 saturated carbocycles. The lowest BCUT2D eigenvalue weighted by Crippen LogP contribution is -2.05. The van der Waals surface area contributed by atoms with Gasteiger partial charge in [0, 0.05) is 6.42 Å². The molecule has 3 unspecified atom stereocenters. The summed E-state index contributed by atoms with van der Waals surface area (Å²) in [5, 5.41) is 0. The SMILES string of the molecule is CCCCCCCCC1OC1CCCCCCCC(=O)OCCCCCCCCC1CO1. The quantitative estimate of drug-likeness (QED) is 0.0848. The fourth-order valence-corrected chi connectivity index (χ4v) is 4.63. The summed E-state index contributed by atoms with van der Waals surface area (Å²) >= 11 is 0. The third kappa shape index (κ3) is 16.1. The molecule has 0 bridgehead atoms. The van der Waals surface area contributed by atoms with Gasteiger partial charge in [0.05, 0.1) is 31.5 Å². The van der Waals surface area contributed by atoms with Gasteiger partial charge in [-0.25, -0.2) is 0 Å². The molecule has 0 aromatic heterocycles. The fourth-order valence-electron chi connectivity index (χ4n) is 4.63. The van der Waals surface area contributed by atoms with E-state index in [-0.39, 0.29) is 5.97 Å². The van der Waals surface area contributed by atoms with Crippen molar-refractivity contribution in [3.63, 3.8) is 0 Å². The van der Waals surface area contributed by atoms with Crippen LogP contribution in [0.3, 0.4) is 0 Å². The summed E-state index contributed by atoms with van der Waals surface area (Å²) in [7, 11) is 0. The lowest BCUT2D eigenvalue weighted by Gasteiger charge is -2.05. The Labute approximate surface area is 198 Å². The Morgan fingerprint density at radius 2 is 1.19 bits per heavy atom. The first-order chi connectivity index (χ1) is 15.8. The minimum Gasteiger partial charge on any atom is -0.466 e. The van der Waals surface area contributed by atoms with Crippen LogP contribution >= 0.6 is 0 Å². The number of hydrogen-bond acceptors (Lipinski definition) is 4. The number of carbonyl (C=O) groups excluding carboxylic acids is 1. The predicted molar refractivity (Wildman–Crippen MR) is 132 cm³/mol. The number of epoxide rings is 2. The molecule has 2 saturated heterocycles. The van der Waals surface area contributed by atoms with Crippen molar-refractivity contribution in [2.24, 2.45) is 0 Å². The molecule has 0 spiro atoms. The van der Waals surface area contributed by atoms with Crippen molar-refractivity contribution >= 4 is 5.97 Å². The standard InChI is InChI=1S/C28H52O4/c1-2-3-4-5-10-15-20-26-27(32-26)21-16-11-8-12-17-22-28(29)30-23-18-13-7-6-9-14-19-25-24-31-25/h25-27H,2-24H2,1H3. The van der Waals surface area contributed by atoms with Crippen LogP contribution < -0.4 is 0 Å². The van der Waals surface area contributed by atoms with E-state index in [1.807, 2.05) is 0 Å².